The first-order chi connectivity index (χ1) is 9.66. The van der Waals surface area contributed by atoms with Crippen molar-refractivity contribution in [3.05, 3.63) is 58.9 Å². The summed E-state index contributed by atoms with van der Waals surface area (Å²) in [6.45, 7) is 2.93. The Kier molecular flexibility index (Phi) is 3.45. The fourth-order valence-electron chi connectivity index (χ4n) is 2.62. The summed E-state index contributed by atoms with van der Waals surface area (Å²) in [5.74, 6) is 0.465. The van der Waals surface area contributed by atoms with Crippen molar-refractivity contribution in [1.29, 1.82) is 0 Å². The molecule has 1 aliphatic rings. The predicted octanol–water partition coefficient (Wildman–Crippen LogP) is 3.89. The minimum absolute atomic E-state index is 0.0199. The molecule has 1 aliphatic heterocycles. The zero-order valence-corrected chi connectivity index (χ0v) is 12.0. The van der Waals surface area contributed by atoms with Crippen LogP contribution in [-0.4, -0.2) is 17.4 Å². The van der Waals surface area contributed by atoms with Crippen molar-refractivity contribution in [3.8, 4) is 0 Å². The molecule has 20 heavy (non-hydrogen) atoms. The number of amides is 1. The van der Waals surface area contributed by atoms with Crippen molar-refractivity contribution >= 4 is 23.2 Å². The van der Waals surface area contributed by atoms with Crippen LogP contribution in [0.5, 0.6) is 0 Å². The molecule has 1 amide bonds. The molecule has 0 aliphatic carbocycles. The molecule has 3 rings (SSSR count). The van der Waals surface area contributed by atoms with Gasteiger partial charge in [-0.2, -0.15) is 0 Å². The van der Waals surface area contributed by atoms with E-state index in [2.05, 4.69) is 18.0 Å². The lowest BCUT2D eigenvalue weighted by atomic mass is 9.91. The molecule has 0 bridgehead atoms. The van der Waals surface area contributed by atoms with E-state index in [1.807, 2.05) is 23.1 Å². The van der Waals surface area contributed by atoms with Crippen molar-refractivity contribution in [2.75, 3.05) is 11.4 Å². The summed E-state index contributed by atoms with van der Waals surface area (Å²) in [5.41, 5.74) is 2.80. The van der Waals surface area contributed by atoms with Gasteiger partial charge in [0.15, 0.2) is 0 Å². The normalized spacial score (nSPS) is 17.7. The Morgan fingerprint density at radius 2 is 2.10 bits per heavy atom. The number of hydrogen-bond donors (Lipinski definition) is 0. The molecule has 3 nitrogen and oxygen atoms in total. The third-order valence-electron chi connectivity index (χ3n) is 3.76. The molecule has 2 heterocycles. The van der Waals surface area contributed by atoms with Crippen LogP contribution in [0.25, 0.3) is 0 Å². The van der Waals surface area contributed by atoms with Crippen LogP contribution < -0.4 is 4.90 Å². The average molecular weight is 287 g/mol. The minimum Gasteiger partial charge on any atom is -0.308 e. The molecular weight excluding hydrogens is 272 g/mol. The van der Waals surface area contributed by atoms with E-state index in [0.29, 0.717) is 16.6 Å². The fraction of sp³-hybridized carbons (Fsp3) is 0.250. The first-order valence-corrected chi connectivity index (χ1v) is 7.07. The highest BCUT2D eigenvalue weighted by molar-refractivity contribution is 6.29. The maximum absolute atomic E-state index is 12.6. The summed E-state index contributed by atoms with van der Waals surface area (Å²) in [6, 6.07) is 11.5. The Morgan fingerprint density at radius 1 is 1.30 bits per heavy atom. The van der Waals surface area contributed by atoms with Crippen LogP contribution in [0.3, 0.4) is 0 Å². The summed E-state index contributed by atoms with van der Waals surface area (Å²) in [6.07, 6.45) is 2.51. The van der Waals surface area contributed by atoms with Gasteiger partial charge in [-0.1, -0.05) is 36.7 Å². The summed E-state index contributed by atoms with van der Waals surface area (Å²) in [4.78, 5) is 18.4. The Hall–Kier alpha value is -1.87. The molecule has 0 N–H and O–H groups in total. The largest absolute Gasteiger partial charge is 0.308 e. The van der Waals surface area contributed by atoms with Gasteiger partial charge in [0.2, 0.25) is 0 Å². The van der Waals surface area contributed by atoms with Crippen molar-refractivity contribution < 1.29 is 4.79 Å². The average Bonchev–Trinajstić information content (AvgIpc) is 2.48. The van der Waals surface area contributed by atoms with Crippen LogP contribution in [0.2, 0.25) is 5.15 Å². The van der Waals surface area contributed by atoms with Crippen LogP contribution >= 0.6 is 11.6 Å². The number of anilines is 1. The Labute approximate surface area is 123 Å². The molecule has 2 aromatic rings. The molecule has 0 fully saturated rings. The van der Waals surface area contributed by atoms with E-state index >= 15 is 0 Å². The third kappa shape index (κ3) is 2.29. The quantitative estimate of drug-likeness (QED) is 0.745. The number of fused-ring (bicyclic) bond motifs is 1. The van der Waals surface area contributed by atoms with Crippen LogP contribution in [0.1, 0.15) is 35.2 Å². The SMILES string of the molecule is C[C@H]1CCN(C(=O)c2ccc(Cl)nc2)c2ccccc21. The number of hydrogen-bond acceptors (Lipinski definition) is 2. The van der Waals surface area contributed by atoms with Gasteiger partial charge in [-0.25, -0.2) is 4.98 Å². The number of nitrogens with zero attached hydrogens (tertiary/aromatic N) is 2. The molecule has 0 unspecified atom stereocenters. The first kappa shape index (κ1) is 13.1. The molecule has 4 heteroatoms. The minimum atomic E-state index is -0.0199. The van der Waals surface area contributed by atoms with Gasteiger partial charge in [0.25, 0.3) is 5.91 Å². The summed E-state index contributed by atoms with van der Waals surface area (Å²) in [5, 5.41) is 0.397. The molecule has 1 aromatic heterocycles. The highest BCUT2D eigenvalue weighted by atomic mass is 35.5. The number of para-hydroxylation sites is 1. The lowest BCUT2D eigenvalue weighted by molar-refractivity contribution is 0.0984. The lowest BCUT2D eigenvalue weighted by Crippen LogP contribution is -2.36. The zero-order chi connectivity index (χ0) is 14.1. The second-order valence-electron chi connectivity index (χ2n) is 5.07. The lowest BCUT2D eigenvalue weighted by Gasteiger charge is -2.32. The van der Waals surface area contributed by atoms with Gasteiger partial charge in [0.1, 0.15) is 5.15 Å². The number of halogens is 1. The topological polar surface area (TPSA) is 33.2 Å². The second-order valence-corrected chi connectivity index (χ2v) is 5.46. The van der Waals surface area contributed by atoms with Crippen LogP contribution in [0, 0.1) is 0 Å². The van der Waals surface area contributed by atoms with E-state index in [-0.39, 0.29) is 5.91 Å². The summed E-state index contributed by atoms with van der Waals surface area (Å²) >= 11 is 5.77. The number of pyridine rings is 1. The van der Waals surface area contributed by atoms with Crippen LogP contribution in [-0.2, 0) is 0 Å². The van der Waals surface area contributed by atoms with Gasteiger partial charge in [-0.05, 0) is 36.1 Å². The van der Waals surface area contributed by atoms with Gasteiger partial charge >= 0.3 is 0 Å². The number of rotatable bonds is 1. The number of carbonyl (C=O) groups is 1. The molecule has 1 atom stereocenters. The van der Waals surface area contributed by atoms with Gasteiger partial charge < -0.3 is 4.90 Å². The second kappa shape index (κ2) is 5.25. The predicted molar refractivity (Wildman–Crippen MR) is 80.4 cm³/mol. The molecule has 0 spiro atoms. The van der Waals surface area contributed by atoms with Crippen LogP contribution in [0.15, 0.2) is 42.6 Å². The fourth-order valence-corrected chi connectivity index (χ4v) is 2.73. The Morgan fingerprint density at radius 3 is 2.85 bits per heavy atom. The maximum Gasteiger partial charge on any atom is 0.259 e. The van der Waals surface area contributed by atoms with E-state index in [9.17, 15) is 4.79 Å². The molecular formula is C16H15ClN2O. The Bertz CT molecular complexity index is 639. The molecule has 1 aromatic carbocycles. The molecule has 0 radical (unpaired) electrons. The maximum atomic E-state index is 12.6. The molecule has 0 saturated carbocycles. The summed E-state index contributed by atoms with van der Waals surface area (Å²) < 4.78 is 0. The highest BCUT2D eigenvalue weighted by Crippen LogP contribution is 2.35. The summed E-state index contributed by atoms with van der Waals surface area (Å²) in [7, 11) is 0. The first-order valence-electron chi connectivity index (χ1n) is 6.69. The van der Waals surface area contributed by atoms with Gasteiger partial charge in [0.05, 0.1) is 5.56 Å². The number of benzene rings is 1. The van der Waals surface area contributed by atoms with Gasteiger partial charge in [-0.3, -0.25) is 4.79 Å². The Balaban J connectivity index is 1.97. The highest BCUT2D eigenvalue weighted by Gasteiger charge is 2.26. The number of carbonyl (C=O) groups excluding carboxylic acids is 1. The standard InChI is InChI=1S/C16H15ClN2O/c1-11-8-9-19(14-5-3-2-4-13(11)14)16(20)12-6-7-15(17)18-10-12/h2-7,10-11H,8-9H2,1H3/t11-/m0/s1. The molecule has 0 saturated heterocycles. The smallest absolute Gasteiger partial charge is 0.259 e. The van der Waals surface area contributed by atoms with Crippen LogP contribution in [0.4, 0.5) is 5.69 Å². The van der Waals surface area contributed by atoms with Crippen molar-refractivity contribution in [2.24, 2.45) is 0 Å². The van der Waals surface area contributed by atoms with E-state index in [1.54, 1.807) is 12.1 Å². The number of aromatic nitrogens is 1. The van der Waals surface area contributed by atoms with Gasteiger partial charge in [-0.15, -0.1) is 0 Å². The van der Waals surface area contributed by atoms with E-state index < -0.39 is 0 Å². The van der Waals surface area contributed by atoms with E-state index in [1.165, 1.54) is 11.8 Å². The van der Waals surface area contributed by atoms with Crippen molar-refractivity contribution in [1.82, 2.24) is 4.98 Å². The molecule has 102 valence electrons. The third-order valence-corrected chi connectivity index (χ3v) is 3.99. The van der Waals surface area contributed by atoms with E-state index in [4.69, 9.17) is 11.6 Å². The van der Waals surface area contributed by atoms with Gasteiger partial charge in [0, 0.05) is 18.4 Å². The van der Waals surface area contributed by atoms with E-state index in [0.717, 1.165) is 18.7 Å². The monoisotopic (exact) mass is 286 g/mol. The van der Waals surface area contributed by atoms with Crippen molar-refractivity contribution in [3.63, 3.8) is 0 Å². The van der Waals surface area contributed by atoms with Crippen molar-refractivity contribution in [2.45, 2.75) is 19.3 Å². The zero-order valence-electron chi connectivity index (χ0n) is 11.2.